The number of fused-ring (bicyclic) bond motifs is 2. The Balaban J connectivity index is 1.55. The van der Waals surface area contributed by atoms with E-state index in [0.29, 0.717) is 39.9 Å². The van der Waals surface area contributed by atoms with Crippen molar-refractivity contribution in [1.82, 2.24) is 0 Å². The van der Waals surface area contributed by atoms with Crippen LogP contribution in [0, 0.1) is 13.8 Å². The van der Waals surface area contributed by atoms with Gasteiger partial charge < -0.3 is 18.9 Å². The molecule has 0 aliphatic heterocycles. The monoisotopic (exact) mass is 481 g/mol. The number of amides is 1. The van der Waals surface area contributed by atoms with E-state index in [0.717, 1.165) is 17.2 Å². The fourth-order valence-corrected chi connectivity index (χ4v) is 4.28. The smallest absolute Gasteiger partial charge is 0.291 e. The van der Waals surface area contributed by atoms with Gasteiger partial charge in [0.05, 0.1) is 17.7 Å². The summed E-state index contributed by atoms with van der Waals surface area (Å²) >= 11 is 0. The first kappa shape index (κ1) is 23.1. The first-order valence-electron chi connectivity index (χ1n) is 11.5. The van der Waals surface area contributed by atoms with Crippen LogP contribution in [0.2, 0.25) is 0 Å². The molecule has 36 heavy (non-hydrogen) atoms. The number of ketones is 1. The highest BCUT2D eigenvalue weighted by Gasteiger charge is 2.25. The minimum atomic E-state index is -0.666. The van der Waals surface area contributed by atoms with Crippen LogP contribution in [0.3, 0.4) is 0 Å². The van der Waals surface area contributed by atoms with E-state index in [-0.39, 0.29) is 22.6 Å². The van der Waals surface area contributed by atoms with Crippen LogP contribution in [-0.4, -0.2) is 18.3 Å². The standard InChI is InChI=1S/C29H23NO6/c1-4-34-19-11-9-18(10-12-19)27(32)28-26(20-7-5-6-8-22(20)36-28)30-29(33)24-15-21(31)25-17(3)13-16(2)14-23(25)35-24/h5-15H,4H2,1-3H3,(H,30,33). The zero-order chi connectivity index (χ0) is 25.4. The third-order valence-corrected chi connectivity index (χ3v) is 5.86. The number of ether oxygens (including phenoxy) is 1. The molecule has 0 spiro atoms. The largest absolute Gasteiger partial charge is 0.494 e. The summed E-state index contributed by atoms with van der Waals surface area (Å²) in [6.45, 7) is 6.09. The molecule has 0 saturated heterocycles. The van der Waals surface area contributed by atoms with Crippen molar-refractivity contribution < 1.29 is 23.2 Å². The molecule has 1 amide bonds. The number of anilines is 1. The van der Waals surface area contributed by atoms with Crippen molar-refractivity contribution in [2.45, 2.75) is 20.8 Å². The Morgan fingerprint density at radius 2 is 1.67 bits per heavy atom. The number of benzene rings is 3. The van der Waals surface area contributed by atoms with Crippen molar-refractivity contribution in [1.29, 1.82) is 0 Å². The number of carbonyl (C=O) groups is 2. The lowest BCUT2D eigenvalue weighted by Crippen LogP contribution is -2.17. The maximum atomic E-state index is 13.4. The van der Waals surface area contributed by atoms with Gasteiger partial charge in [-0.2, -0.15) is 0 Å². The predicted octanol–water partition coefficient (Wildman–Crippen LogP) is 6.04. The number of nitrogens with one attached hydrogen (secondary N) is 1. The van der Waals surface area contributed by atoms with Gasteiger partial charge in [-0.25, -0.2) is 0 Å². The summed E-state index contributed by atoms with van der Waals surface area (Å²) in [6.07, 6.45) is 0. The normalized spacial score (nSPS) is 11.1. The SMILES string of the molecule is CCOc1ccc(C(=O)c2oc3ccccc3c2NC(=O)c2cc(=O)c3c(C)cc(C)cc3o2)cc1. The lowest BCUT2D eigenvalue weighted by molar-refractivity contribution is 0.0997. The van der Waals surface area contributed by atoms with Crippen LogP contribution in [0.15, 0.2) is 80.4 Å². The summed E-state index contributed by atoms with van der Waals surface area (Å²) in [7, 11) is 0. The molecule has 1 N–H and O–H groups in total. The summed E-state index contributed by atoms with van der Waals surface area (Å²) in [5, 5.41) is 3.72. The highest BCUT2D eigenvalue weighted by molar-refractivity contribution is 6.18. The van der Waals surface area contributed by atoms with Gasteiger partial charge in [-0.1, -0.05) is 18.2 Å². The molecular formula is C29H23NO6. The highest BCUT2D eigenvalue weighted by Crippen LogP contribution is 2.33. The van der Waals surface area contributed by atoms with E-state index < -0.39 is 11.7 Å². The van der Waals surface area contributed by atoms with Crippen LogP contribution in [0.25, 0.3) is 21.9 Å². The number of aryl methyl sites for hydroxylation is 2. The van der Waals surface area contributed by atoms with Gasteiger partial charge in [-0.05, 0) is 74.4 Å². The highest BCUT2D eigenvalue weighted by atomic mass is 16.5. The quantitative estimate of drug-likeness (QED) is 0.297. The van der Waals surface area contributed by atoms with Crippen molar-refractivity contribution in [3.8, 4) is 5.75 Å². The number of furan rings is 1. The van der Waals surface area contributed by atoms with E-state index in [1.807, 2.05) is 26.8 Å². The molecule has 2 heterocycles. The molecule has 0 aliphatic rings. The average molecular weight is 482 g/mol. The molecule has 5 aromatic rings. The van der Waals surface area contributed by atoms with Crippen LogP contribution >= 0.6 is 0 Å². The van der Waals surface area contributed by atoms with Crippen molar-refractivity contribution >= 4 is 39.3 Å². The van der Waals surface area contributed by atoms with E-state index in [2.05, 4.69) is 5.32 Å². The molecule has 5 rings (SSSR count). The second-order valence-electron chi connectivity index (χ2n) is 8.47. The summed E-state index contributed by atoms with van der Waals surface area (Å²) < 4.78 is 17.1. The van der Waals surface area contributed by atoms with Gasteiger partial charge in [0.2, 0.25) is 5.78 Å². The fourth-order valence-electron chi connectivity index (χ4n) is 4.28. The maximum absolute atomic E-state index is 13.4. The Morgan fingerprint density at radius 1 is 0.917 bits per heavy atom. The van der Waals surface area contributed by atoms with E-state index >= 15 is 0 Å². The zero-order valence-corrected chi connectivity index (χ0v) is 20.0. The molecule has 7 nitrogen and oxygen atoms in total. The average Bonchev–Trinajstić information content (AvgIpc) is 3.22. The van der Waals surface area contributed by atoms with E-state index in [4.69, 9.17) is 13.6 Å². The van der Waals surface area contributed by atoms with Gasteiger partial charge in [0.1, 0.15) is 16.9 Å². The maximum Gasteiger partial charge on any atom is 0.291 e. The third-order valence-electron chi connectivity index (χ3n) is 5.86. The topological polar surface area (TPSA) is 98.7 Å². The second-order valence-corrected chi connectivity index (χ2v) is 8.47. The summed E-state index contributed by atoms with van der Waals surface area (Å²) in [5.74, 6) is -0.619. The minimum absolute atomic E-state index is 0.0245. The van der Waals surface area contributed by atoms with Crippen LogP contribution in [0.4, 0.5) is 5.69 Å². The Bertz CT molecular complexity index is 1690. The molecule has 0 radical (unpaired) electrons. The van der Waals surface area contributed by atoms with Crippen LogP contribution in [0.1, 0.15) is 44.7 Å². The number of hydrogen-bond acceptors (Lipinski definition) is 6. The minimum Gasteiger partial charge on any atom is -0.494 e. The summed E-state index contributed by atoms with van der Waals surface area (Å²) in [5.41, 5.74) is 2.70. The first-order valence-corrected chi connectivity index (χ1v) is 11.5. The summed E-state index contributed by atoms with van der Waals surface area (Å²) in [4.78, 5) is 39.4. The molecule has 0 aliphatic carbocycles. The molecular weight excluding hydrogens is 458 g/mol. The zero-order valence-electron chi connectivity index (χ0n) is 20.0. The van der Waals surface area contributed by atoms with Crippen LogP contribution in [-0.2, 0) is 0 Å². The molecule has 0 saturated carbocycles. The Morgan fingerprint density at radius 3 is 2.42 bits per heavy atom. The van der Waals surface area contributed by atoms with Crippen LogP contribution in [0.5, 0.6) is 5.75 Å². The molecule has 0 bridgehead atoms. The fraction of sp³-hybridized carbons (Fsp3) is 0.138. The summed E-state index contributed by atoms with van der Waals surface area (Å²) in [6, 6.07) is 18.4. The van der Waals surface area contributed by atoms with E-state index in [1.165, 1.54) is 0 Å². The van der Waals surface area contributed by atoms with Crippen molar-refractivity contribution in [2.75, 3.05) is 11.9 Å². The van der Waals surface area contributed by atoms with E-state index in [9.17, 15) is 14.4 Å². The van der Waals surface area contributed by atoms with Gasteiger partial charge in [-0.15, -0.1) is 0 Å². The Labute approximate surface area is 206 Å². The Hall–Kier alpha value is -4.65. The first-order chi connectivity index (χ1) is 17.4. The van der Waals surface area contributed by atoms with Gasteiger partial charge in [0.25, 0.3) is 5.91 Å². The molecule has 180 valence electrons. The lowest BCUT2D eigenvalue weighted by atomic mass is 10.1. The molecule has 0 atom stereocenters. The number of hydrogen-bond donors (Lipinski definition) is 1. The predicted molar refractivity (Wildman–Crippen MR) is 137 cm³/mol. The Kier molecular flexibility index (Phi) is 5.90. The number of carbonyl (C=O) groups excluding carboxylic acids is 2. The molecule has 0 fully saturated rings. The molecule has 2 aromatic heterocycles. The third kappa shape index (κ3) is 4.15. The second kappa shape index (κ2) is 9.19. The van der Waals surface area contributed by atoms with Gasteiger partial charge in [-0.3, -0.25) is 14.4 Å². The molecule has 7 heteroatoms. The van der Waals surface area contributed by atoms with Crippen molar-refractivity contribution in [3.05, 3.63) is 105 Å². The molecule has 3 aromatic carbocycles. The van der Waals surface area contributed by atoms with Crippen molar-refractivity contribution in [3.63, 3.8) is 0 Å². The lowest BCUT2D eigenvalue weighted by Gasteiger charge is -2.08. The van der Waals surface area contributed by atoms with E-state index in [1.54, 1.807) is 54.6 Å². The van der Waals surface area contributed by atoms with Crippen molar-refractivity contribution in [2.24, 2.45) is 0 Å². The van der Waals surface area contributed by atoms with Gasteiger partial charge in [0.15, 0.2) is 16.9 Å². The number of rotatable bonds is 6. The van der Waals surface area contributed by atoms with Gasteiger partial charge in [0, 0.05) is 17.0 Å². The van der Waals surface area contributed by atoms with Crippen LogP contribution < -0.4 is 15.5 Å². The number of para-hydroxylation sites is 1. The molecule has 0 unspecified atom stereocenters. The van der Waals surface area contributed by atoms with Gasteiger partial charge >= 0.3 is 0 Å².